The van der Waals surface area contributed by atoms with Gasteiger partial charge in [0, 0.05) is 16.0 Å². The highest BCUT2D eigenvalue weighted by molar-refractivity contribution is 7.12. The van der Waals surface area contributed by atoms with E-state index in [1.54, 1.807) is 17.5 Å². The van der Waals surface area contributed by atoms with E-state index in [9.17, 15) is 0 Å². The molecule has 2 heterocycles. The highest BCUT2D eigenvalue weighted by Crippen LogP contribution is 2.29. The molecular weight excluding hydrogens is 280 g/mol. The summed E-state index contributed by atoms with van der Waals surface area (Å²) < 4.78 is 1.93. The minimum absolute atomic E-state index is 0.0574. The molecule has 0 fully saturated rings. The number of aromatic nitrogens is 2. The molecule has 0 saturated heterocycles. The topological polar surface area (TPSA) is 55.9 Å². The predicted octanol–water partition coefficient (Wildman–Crippen LogP) is 3.05. The lowest BCUT2D eigenvalue weighted by molar-refractivity contribution is 0.605. The number of hydrazine groups is 1. The smallest absolute Gasteiger partial charge is 0.0974 e. The molecule has 0 radical (unpaired) electrons. The van der Waals surface area contributed by atoms with Crippen molar-refractivity contribution < 1.29 is 0 Å². The van der Waals surface area contributed by atoms with E-state index < -0.39 is 0 Å². The van der Waals surface area contributed by atoms with E-state index in [4.69, 9.17) is 5.84 Å². The zero-order valence-electron chi connectivity index (χ0n) is 11.9. The summed E-state index contributed by atoms with van der Waals surface area (Å²) in [5.74, 6) is 5.81. The second kappa shape index (κ2) is 6.22. The molecule has 108 valence electrons. The molecule has 21 heavy (non-hydrogen) atoms. The van der Waals surface area contributed by atoms with Crippen LogP contribution in [-0.4, -0.2) is 9.78 Å². The number of hydrogen-bond acceptors (Lipinski definition) is 4. The lowest BCUT2D eigenvalue weighted by Gasteiger charge is -2.16. The fourth-order valence-corrected chi connectivity index (χ4v) is 3.40. The van der Waals surface area contributed by atoms with E-state index in [1.807, 2.05) is 41.1 Å². The molecule has 5 heteroatoms. The molecule has 0 aliphatic rings. The van der Waals surface area contributed by atoms with Crippen LogP contribution in [0.1, 0.15) is 28.4 Å². The predicted molar refractivity (Wildman–Crippen MR) is 86.4 cm³/mol. The Morgan fingerprint density at radius 3 is 2.67 bits per heavy atom. The first-order valence-corrected chi connectivity index (χ1v) is 7.79. The van der Waals surface area contributed by atoms with Gasteiger partial charge in [-0.25, -0.2) is 10.1 Å². The van der Waals surface area contributed by atoms with Crippen molar-refractivity contribution in [3.8, 4) is 5.69 Å². The van der Waals surface area contributed by atoms with Gasteiger partial charge in [0.05, 0.1) is 17.4 Å². The molecule has 1 atom stereocenters. The Labute approximate surface area is 128 Å². The van der Waals surface area contributed by atoms with Crippen LogP contribution in [0.2, 0.25) is 0 Å². The number of para-hydroxylation sites is 1. The summed E-state index contributed by atoms with van der Waals surface area (Å²) in [5, 5.41) is 4.43. The molecule has 1 aromatic carbocycles. The van der Waals surface area contributed by atoms with Crippen LogP contribution >= 0.6 is 11.3 Å². The molecule has 0 aliphatic carbocycles. The fourth-order valence-electron chi connectivity index (χ4n) is 2.37. The lowest BCUT2D eigenvalue weighted by atomic mass is 10.1. The zero-order valence-corrected chi connectivity index (χ0v) is 12.7. The van der Waals surface area contributed by atoms with E-state index >= 15 is 0 Å². The van der Waals surface area contributed by atoms with Gasteiger partial charge in [-0.05, 0) is 36.8 Å². The molecule has 0 bridgehead atoms. The summed E-state index contributed by atoms with van der Waals surface area (Å²) >= 11 is 1.78. The highest BCUT2D eigenvalue weighted by atomic mass is 32.1. The standard InChI is InChI=1S/C16H18N4S/c1-2-13-8-9-15(21-13)16(19-17)14-10-11-18-20(14)12-6-4-3-5-7-12/h3-11,16,19H,2,17H2,1H3. The first kappa shape index (κ1) is 14.0. The molecule has 0 amide bonds. The maximum absolute atomic E-state index is 5.81. The van der Waals surface area contributed by atoms with Crippen molar-refractivity contribution in [1.29, 1.82) is 0 Å². The molecule has 2 aromatic heterocycles. The average Bonchev–Trinajstić information content (AvgIpc) is 3.19. The van der Waals surface area contributed by atoms with Crippen LogP contribution in [-0.2, 0) is 6.42 Å². The van der Waals surface area contributed by atoms with E-state index in [2.05, 4.69) is 29.6 Å². The Kier molecular flexibility index (Phi) is 4.15. The van der Waals surface area contributed by atoms with Gasteiger partial charge < -0.3 is 0 Å². The Balaban J connectivity index is 2.01. The van der Waals surface area contributed by atoms with Gasteiger partial charge in [-0.15, -0.1) is 11.3 Å². The molecule has 3 rings (SSSR count). The molecule has 3 aromatic rings. The third-order valence-corrected chi connectivity index (χ3v) is 4.75. The lowest BCUT2D eigenvalue weighted by Crippen LogP contribution is -2.29. The van der Waals surface area contributed by atoms with E-state index in [0.29, 0.717) is 0 Å². The third-order valence-electron chi connectivity index (χ3n) is 3.45. The largest absolute Gasteiger partial charge is 0.270 e. The molecular formula is C16H18N4S. The van der Waals surface area contributed by atoms with Crippen LogP contribution in [0, 0.1) is 0 Å². The molecule has 0 saturated carbocycles. The van der Waals surface area contributed by atoms with Crippen molar-refractivity contribution in [2.45, 2.75) is 19.4 Å². The summed E-state index contributed by atoms with van der Waals surface area (Å²) in [4.78, 5) is 2.56. The van der Waals surface area contributed by atoms with Crippen LogP contribution in [0.4, 0.5) is 0 Å². The van der Waals surface area contributed by atoms with Crippen LogP contribution in [0.3, 0.4) is 0 Å². The van der Waals surface area contributed by atoms with Crippen molar-refractivity contribution in [2.75, 3.05) is 0 Å². The molecule has 1 unspecified atom stereocenters. The SMILES string of the molecule is CCc1ccc(C(NN)c2ccnn2-c2ccccc2)s1. The highest BCUT2D eigenvalue weighted by Gasteiger charge is 2.19. The van der Waals surface area contributed by atoms with Gasteiger partial charge in [-0.2, -0.15) is 5.10 Å². The number of benzene rings is 1. The Morgan fingerprint density at radius 1 is 1.19 bits per heavy atom. The van der Waals surface area contributed by atoms with Gasteiger partial charge in [0.25, 0.3) is 0 Å². The molecule has 4 nitrogen and oxygen atoms in total. The van der Waals surface area contributed by atoms with Gasteiger partial charge in [0.1, 0.15) is 0 Å². The van der Waals surface area contributed by atoms with Crippen LogP contribution in [0.15, 0.2) is 54.7 Å². The van der Waals surface area contributed by atoms with Crippen LogP contribution in [0.5, 0.6) is 0 Å². The Hall–Kier alpha value is -1.95. The van der Waals surface area contributed by atoms with Crippen LogP contribution < -0.4 is 11.3 Å². The Bertz CT molecular complexity index is 702. The summed E-state index contributed by atoms with van der Waals surface area (Å²) in [5.41, 5.74) is 4.99. The summed E-state index contributed by atoms with van der Waals surface area (Å²) in [6.45, 7) is 2.16. The number of nitrogens with one attached hydrogen (secondary N) is 1. The number of aryl methyl sites for hydroxylation is 1. The Morgan fingerprint density at radius 2 is 2.00 bits per heavy atom. The first-order valence-electron chi connectivity index (χ1n) is 6.97. The molecule has 3 N–H and O–H groups in total. The summed E-state index contributed by atoms with van der Waals surface area (Å²) in [6.07, 6.45) is 2.85. The maximum Gasteiger partial charge on any atom is 0.0974 e. The zero-order chi connectivity index (χ0) is 14.7. The average molecular weight is 298 g/mol. The van der Waals surface area contributed by atoms with Gasteiger partial charge in [-0.3, -0.25) is 5.84 Å². The number of rotatable bonds is 5. The number of thiophene rings is 1. The minimum Gasteiger partial charge on any atom is -0.270 e. The van der Waals surface area contributed by atoms with Crippen molar-refractivity contribution in [1.82, 2.24) is 15.2 Å². The number of hydrogen-bond donors (Lipinski definition) is 2. The van der Waals surface area contributed by atoms with E-state index in [1.165, 1.54) is 9.75 Å². The third kappa shape index (κ3) is 2.76. The second-order valence-corrected chi connectivity index (χ2v) is 5.96. The maximum atomic E-state index is 5.81. The normalized spacial score (nSPS) is 12.5. The van der Waals surface area contributed by atoms with Crippen molar-refractivity contribution in [2.24, 2.45) is 5.84 Å². The number of nitrogens with zero attached hydrogens (tertiary/aromatic N) is 2. The minimum atomic E-state index is -0.0574. The quantitative estimate of drug-likeness (QED) is 0.562. The first-order chi connectivity index (χ1) is 10.3. The second-order valence-electron chi connectivity index (χ2n) is 4.76. The van der Waals surface area contributed by atoms with Crippen molar-refractivity contribution in [3.05, 3.63) is 70.2 Å². The van der Waals surface area contributed by atoms with Crippen molar-refractivity contribution in [3.63, 3.8) is 0 Å². The van der Waals surface area contributed by atoms with Gasteiger partial charge in [0.15, 0.2) is 0 Å². The van der Waals surface area contributed by atoms with Crippen molar-refractivity contribution >= 4 is 11.3 Å². The molecule has 0 spiro atoms. The fraction of sp³-hybridized carbons (Fsp3) is 0.188. The van der Waals surface area contributed by atoms with Gasteiger partial charge in [0.2, 0.25) is 0 Å². The monoisotopic (exact) mass is 298 g/mol. The van der Waals surface area contributed by atoms with Gasteiger partial charge >= 0.3 is 0 Å². The summed E-state index contributed by atoms with van der Waals surface area (Å²) in [7, 11) is 0. The van der Waals surface area contributed by atoms with E-state index in [0.717, 1.165) is 17.8 Å². The van der Waals surface area contributed by atoms with Crippen LogP contribution in [0.25, 0.3) is 5.69 Å². The van der Waals surface area contributed by atoms with Gasteiger partial charge in [-0.1, -0.05) is 25.1 Å². The summed E-state index contributed by atoms with van der Waals surface area (Å²) in [6, 6.07) is 16.3. The van der Waals surface area contributed by atoms with E-state index in [-0.39, 0.29) is 6.04 Å². The number of nitrogens with two attached hydrogens (primary N) is 1. The molecule has 0 aliphatic heterocycles.